The second-order valence-corrected chi connectivity index (χ2v) is 6.47. The fraction of sp³-hybridized carbons (Fsp3) is 0.857. The van der Waals surface area contributed by atoms with E-state index in [2.05, 4.69) is 24.0 Å². The standard InChI is InChI=1S/C14H21ClF3N3/c1-9(2)8-21-12(7-15)19-20-13(21)10-3-5-11(6-4-10)14(16,17)18/h9-11H,3-8H2,1-2H3. The molecule has 1 aromatic rings. The maximum absolute atomic E-state index is 12.7. The average Bonchev–Trinajstić information content (AvgIpc) is 2.80. The van der Waals surface area contributed by atoms with Crippen LogP contribution in [0.15, 0.2) is 0 Å². The van der Waals surface area contributed by atoms with Crippen molar-refractivity contribution in [3.8, 4) is 0 Å². The lowest BCUT2D eigenvalue weighted by molar-refractivity contribution is -0.182. The minimum atomic E-state index is -4.07. The van der Waals surface area contributed by atoms with E-state index in [9.17, 15) is 13.2 Å². The molecule has 0 aromatic carbocycles. The van der Waals surface area contributed by atoms with Crippen LogP contribution in [0, 0.1) is 11.8 Å². The summed E-state index contributed by atoms with van der Waals surface area (Å²) in [4.78, 5) is 0. The molecule has 2 rings (SSSR count). The van der Waals surface area contributed by atoms with Gasteiger partial charge in [0.2, 0.25) is 0 Å². The first-order valence-electron chi connectivity index (χ1n) is 7.37. The molecule has 0 radical (unpaired) electrons. The van der Waals surface area contributed by atoms with Crippen LogP contribution < -0.4 is 0 Å². The van der Waals surface area contributed by atoms with E-state index < -0.39 is 12.1 Å². The van der Waals surface area contributed by atoms with Crippen molar-refractivity contribution in [2.75, 3.05) is 0 Å². The van der Waals surface area contributed by atoms with E-state index in [1.165, 1.54) is 0 Å². The zero-order chi connectivity index (χ0) is 15.6. The summed E-state index contributed by atoms with van der Waals surface area (Å²) < 4.78 is 40.2. The first-order valence-corrected chi connectivity index (χ1v) is 7.91. The van der Waals surface area contributed by atoms with Gasteiger partial charge in [-0.1, -0.05) is 13.8 Å². The molecule has 0 amide bonds. The molecule has 1 heterocycles. The fourth-order valence-electron chi connectivity index (χ4n) is 2.99. The van der Waals surface area contributed by atoms with Crippen LogP contribution in [0.2, 0.25) is 0 Å². The Bertz CT molecular complexity index is 463. The van der Waals surface area contributed by atoms with Crippen LogP contribution in [0.5, 0.6) is 0 Å². The van der Waals surface area contributed by atoms with Crippen LogP contribution in [-0.2, 0) is 12.4 Å². The molecule has 0 unspecified atom stereocenters. The van der Waals surface area contributed by atoms with Gasteiger partial charge in [0.15, 0.2) is 0 Å². The van der Waals surface area contributed by atoms with Crippen molar-refractivity contribution >= 4 is 11.6 Å². The molecule has 1 saturated carbocycles. The Kier molecular flexibility index (Phi) is 5.17. The quantitative estimate of drug-likeness (QED) is 0.763. The minimum absolute atomic E-state index is 0.0619. The van der Waals surface area contributed by atoms with Gasteiger partial charge < -0.3 is 4.57 Å². The summed E-state index contributed by atoms with van der Waals surface area (Å²) in [5.41, 5.74) is 0. The summed E-state index contributed by atoms with van der Waals surface area (Å²) >= 11 is 5.88. The predicted octanol–water partition coefficient (Wildman–Crippen LogP) is 4.51. The second kappa shape index (κ2) is 6.55. The molecule has 0 saturated heterocycles. The molecule has 0 N–H and O–H groups in total. The normalized spacial score (nSPS) is 23.8. The molecule has 7 heteroatoms. The van der Waals surface area contributed by atoms with Gasteiger partial charge in [0.1, 0.15) is 11.6 Å². The molecule has 0 bridgehead atoms. The molecule has 1 fully saturated rings. The Morgan fingerprint density at radius 2 is 1.81 bits per heavy atom. The molecule has 1 aliphatic carbocycles. The zero-order valence-electron chi connectivity index (χ0n) is 12.3. The lowest BCUT2D eigenvalue weighted by atomic mass is 9.81. The van der Waals surface area contributed by atoms with Crippen molar-refractivity contribution < 1.29 is 13.2 Å². The van der Waals surface area contributed by atoms with E-state index in [1.54, 1.807) is 0 Å². The number of nitrogens with zero attached hydrogens (tertiary/aromatic N) is 3. The molecular weight excluding hydrogens is 303 g/mol. The molecule has 1 aromatic heterocycles. The SMILES string of the molecule is CC(C)Cn1c(CCl)nnc1C1CCC(C(F)(F)F)CC1. The molecule has 120 valence electrons. The number of alkyl halides is 4. The lowest BCUT2D eigenvalue weighted by Gasteiger charge is -2.29. The smallest absolute Gasteiger partial charge is 0.313 e. The summed E-state index contributed by atoms with van der Waals surface area (Å²) in [6.07, 6.45) is -2.68. The van der Waals surface area contributed by atoms with Crippen molar-refractivity contribution in [2.45, 2.75) is 64.0 Å². The van der Waals surface area contributed by atoms with Gasteiger partial charge >= 0.3 is 6.18 Å². The van der Waals surface area contributed by atoms with E-state index in [-0.39, 0.29) is 24.6 Å². The van der Waals surface area contributed by atoms with Crippen LogP contribution in [-0.4, -0.2) is 20.9 Å². The van der Waals surface area contributed by atoms with E-state index >= 15 is 0 Å². The fourth-order valence-corrected chi connectivity index (χ4v) is 3.19. The third-order valence-electron chi connectivity index (χ3n) is 4.08. The number of aromatic nitrogens is 3. The van der Waals surface area contributed by atoms with Gasteiger partial charge in [0, 0.05) is 12.5 Å². The Morgan fingerprint density at radius 1 is 1.19 bits per heavy atom. The minimum Gasteiger partial charge on any atom is -0.313 e. The first kappa shape index (κ1) is 16.6. The summed E-state index contributed by atoms with van der Waals surface area (Å²) in [6.45, 7) is 4.92. The number of rotatable bonds is 4. The highest BCUT2D eigenvalue weighted by Crippen LogP contribution is 2.42. The zero-order valence-corrected chi connectivity index (χ0v) is 13.1. The third kappa shape index (κ3) is 3.90. The van der Waals surface area contributed by atoms with Gasteiger partial charge in [-0.05, 0) is 31.6 Å². The van der Waals surface area contributed by atoms with Crippen molar-refractivity contribution in [2.24, 2.45) is 11.8 Å². The van der Waals surface area contributed by atoms with Crippen LogP contribution in [0.4, 0.5) is 13.2 Å². The van der Waals surface area contributed by atoms with Gasteiger partial charge in [-0.15, -0.1) is 21.8 Å². The molecule has 0 aliphatic heterocycles. The molecule has 0 atom stereocenters. The molecular formula is C14H21ClF3N3. The Labute approximate surface area is 127 Å². The van der Waals surface area contributed by atoms with Crippen LogP contribution >= 0.6 is 11.6 Å². The van der Waals surface area contributed by atoms with Gasteiger partial charge in [0.25, 0.3) is 0 Å². The summed E-state index contributed by atoms with van der Waals surface area (Å²) in [7, 11) is 0. The Hall–Kier alpha value is -0.780. The largest absolute Gasteiger partial charge is 0.391 e. The summed E-state index contributed by atoms with van der Waals surface area (Å²) in [6, 6.07) is 0. The topological polar surface area (TPSA) is 30.7 Å². The predicted molar refractivity (Wildman–Crippen MR) is 75.2 cm³/mol. The molecule has 1 aliphatic rings. The van der Waals surface area contributed by atoms with Crippen molar-refractivity contribution in [3.63, 3.8) is 0 Å². The maximum Gasteiger partial charge on any atom is 0.391 e. The first-order chi connectivity index (χ1) is 9.82. The van der Waals surface area contributed by atoms with Gasteiger partial charge in [-0.3, -0.25) is 0 Å². The highest BCUT2D eigenvalue weighted by Gasteiger charge is 2.42. The Morgan fingerprint density at radius 3 is 2.29 bits per heavy atom. The average molecular weight is 324 g/mol. The number of halogens is 4. The third-order valence-corrected chi connectivity index (χ3v) is 4.32. The second-order valence-electron chi connectivity index (χ2n) is 6.20. The molecule has 21 heavy (non-hydrogen) atoms. The van der Waals surface area contributed by atoms with E-state index in [1.807, 2.05) is 4.57 Å². The van der Waals surface area contributed by atoms with Crippen LogP contribution in [0.1, 0.15) is 57.1 Å². The Balaban J connectivity index is 2.11. The highest BCUT2D eigenvalue weighted by atomic mass is 35.5. The van der Waals surface area contributed by atoms with E-state index in [4.69, 9.17) is 11.6 Å². The van der Waals surface area contributed by atoms with Crippen LogP contribution in [0.3, 0.4) is 0 Å². The maximum atomic E-state index is 12.7. The van der Waals surface area contributed by atoms with E-state index in [0.29, 0.717) is 24.6 Å². The lowest BCUT2D eigenvalue weighted by Crippen LogP contribution is -2.28. The van der Waals surface area contributed by atoms with E-state index in [0.717, 1.165) is 12.4 Å². The highest BCUT2D eigenvalue weighted by molar-refractivity contribution is 6.16. The van der Waals surface area contributed by atoms with Crippen LogP contribution in [0.25, 0.3) is 0 Å². The van der Waals surface area contributed by atoms with Crippen molar-refractivity contribution in [3.05, 3.63) is 11.6 Å². The number of hydrogen-bond donors (Lipinski definition) is 0. The summed E-state index contributed by atoms with van der Waals surface area (Å²) in [5.74, 6) is 1.10. The number of hydrogen-bond acceptors (Lipinski definition) is 2. The van der Waals surface area contributed by atoms with Crippen molar-refractivity contribution in [1.82, 2.24) is 14.8 Å². The monoisotopic (exact) mass is 323 g/mol. The summed E-state index contributed by atoms with van der Waals surface area (Å²) in [5, 5.41) is 8.29. The van der Waals surface area contributed by atoms with Gasteiger partial charge in [-0.25, -0.2) is 0 Å². The molecule has 3 nitrogen and oxygen atoms in total. The van der Waals surface area contributed by atoms with Gasteiger partial charge in [0.05, 0.1) is 11.8 Å². The van der Waals surface area contributed by atoms with Crippen molar-refractivity contribution in [1.29, 1.82) is 0 Å². The van der Waals surface area contributed by atoms with Gasteiger partial charge in [-0.2, -0.15) is 13.2 Å². The molecule has 0 spiro atoms.